The van der Waals surface area contributed by atoms with E-state index >= 15 is 0 Å². The highest BCUT2D eigenvalue weighted by molar-refractivity contribution is 5.94. The molecule has 16 heavy (non-hydrogen) atoms. The first-order valence-corrected chi connectivity index (χ1v) is 5.11. The van der Waals surface area contributed by atoms with Crippen LogP contribution >= 0.6 is 0 Å². The molecule has 1 rings (SSSR count). The quantitative estimate of drug-likeness (QED) is 0.595. The van der Waals surface area contributed by atoms with Gasteiger partial charge in [0.1, 0.15) is 13.1 Å². The van der Waals surface area contributed by atoms with Gasteiger partial charge in [0.15, 0.2) is 0 Å². The van der Waals surface area contributed by atoms with Gasteiger partial charge in [-0.2, -0.15) is 0 Å². The minimum absolute atomic E-state index is 0.0216. The van der Waals surface area contributed by atoms with Crippen LogP contribution in [0.25, 0.3) is 0 Å². The molecule has 0 bridgehead atoms. The Hall–Kier alpha value is -1.59. The molecule has 0 spiro atoms. The molecule has 0 saturated carbocycles. The third-order valence-electron chi connectivity index (χ3n) is 2.16. The maximum Gasteiger partial charge on any atom is 0.325 e. The van der Waals surface area contributed by atoms with Crippen molar-refractivity contribution in [2.75, 3.05) is 26.7 Å². The van der Waals surface area contributed by atoms with E-state index in [1.54, 1.807) is 20.9 Å². The third kappa shape index (κ3) is 3.22. The maximum absolute atomic E-state index is 11.5. The van der Waals surface area contributed by atoms with Crippen molar-refractivity contribution in [1.82, 2.24) is 9.80 Å². The van der Waals surface area contributed by atoms with Gasteiger partial charge >= 0.3 is 5.97 Å². The van der Waals surface area contributed by atoms with E-state index in [1.165, 1.54) is 9.80 Å². The molecular weight excluding hydrogens is 212 g/mol. The SMILES string of the molecule is CC(C)OC(=O)CN1CC(=O)N(C)CC1=O. The molecule has 1 heterocycles. The monoisotopic (exact) mass is 228 g/mol. The van der Waals surface area contributed by atoms with E-state index < -0.39 is 5.97 Å². The Morgan fingerprint density at radius 2 is 1.94 bits per heavy atom. The highest BCUT2D eigenvalue weighted by Gasteiger charge is 2.29. The van der Waals surface area contributed by atoms with Crippen LogP contribution in [0.5, 0.6) is 0 Å². The summed E-state index contributed by atoms with van der Waals surface area (Å²) in [7, 11) is 1.56. The van der Waals surface area contributed by atoms with Crippen LogP contribution in [-0.2, 0) is 19.1 Å². The molecule has 0 aromatic rings. The van der Waals surface area contributed by atoms with Crippen molar-refractivity contribution in [2.45, 2.75) is 20.0 Å². The first-order chi connectivity index (χ1) is 7.40. The summed E-state index contributed by atoms with van der Waals surface area (Å²) in [6.07, 6.45) is -0.217. The number of nitrogens with zero attached hydrogens (tertiary/aromatic N) is 2. The summed E-state index contributed by atoms with van der Waals surface area (Å²) in [5, 5.41) is 0. The normalized spacial score (nSPS) is 17.0. The Morgan fingerprint density at radius 3 is 2.50 bits per heavy atom. The van der Waals surface area contributed by atoms with E-state index in [0.29, 0.717) is 0 Å². The zero-order valence-electron chi connectivity index (χ0n) is 9.73. The summed E-state index contributed by atoms with van der Waals surface area (Å²) in [6.45, 7) is 3.27. The van der Waals surface area contributed by atoms with E-state index in [-0.39, 0.29) is 37.6 Å². The van der Waals surface area contributed by atoms with Crippen LogP contribution in [0, 0.1) is 0 Å². The Bertz CT molecular complexity index is 314. The molecule has 0 unspecified atom stereocenters. The van der Waals surface area contributed by atoms with Gasteiger partial charge < -0.3 is 14.5 Å². The number of hydrogen-bond donors (Lipinski definition) is 0. The average molecular weight is 228 g/mol. The lowest BCUT2D eigenvalue weighted by atomic mass is 10.3. The zero-order valence-corrected chi connectivity index (χ0v) is 9.73. The van der Waals surface area contributed by atoms with Crippen molar-refractivity contribution in [3.63, 3.8) is 0 Å². The molecule has 1 fully saturated rings. The Kier molecular flexibility index (Phi) is 3.87. The van der Waals surface area contributed by atoms with Gasteiger partial charge in [0.2, 0.25) is 11.8 Å². The summed E-state index contributed by atoms with van der Waals surface area (Å²) in [5.74, 6) is -0.888. The summed E-state index contributed by atoms with van der Waals surface area (Å²) < 4.78 is 4.91. The minimum atomic E-state index is -0.485. The van der Waals surface area contributed by atoms with Crippen molar-refractivity contribution in [3.05, 3.63) is 0 Å². The first-order valence-electron chi connectivity index (χ1n) is 5.11. The van der Waals surface area contributed by atoms with Gasteiger partial charge in [-0.25, -0.2) is 0 Å². The number of hydrogen-bond acceptors (Lipinski definition) is 4. The second-order valence-electron chi connectivity index (χ2n) is 4.04. The lowest BCUT2D eigenvalue weighted by Crippen LogP contribution is -2.53. The molecule has 2 amide bonds. The predicted molar refractivity (Wildman–Crippen MR) is 55.4 cm³/mol. The molecule has 90 valence electrons. The van der Waals surface area contributed by atoms with Crippen molar-refractivity contribution in [2.24, 2.45) is 0 Å². The van der Waals surface area contributed by atoms with Crippen molar-refractivity contribution >= 4 is 17.8 Å². The van der Waals surface area contributed by atoms with Gasteiger partial charge in [-0.1, -0.05) is 0 Å². The smallest absolute Gasteiger partial charge is 0.325 e. The summed E-state index contributed by atoms with van der Waals surface area (Å²) in [5.41, 5.74) is 0. The van der Waals surface area contributed by atoms with Gasteiger partial charge in [0.25, 0.3) is 0 Å². The van der Waals surface area contributed by atoms with Gasteiger partial charge in [-0.05, 0) is 13.8 Å². The minimum Gasteiger partial charge on any atom is -0.462 e. The molecule has 6 heteroatoms. The predicted octanol–water partition coefficient (Wildman–Crippen LogP) is -0.761. The fraction of sp³-hybridized carbons (Fsp3) is 0.700. The molecule has 1 aliphatic rings. The fourth-order valence-electron chi connectivity index (χ4n) is 1.36. The highest BCUT2D eigenvalue weighted by Crippen LogP contribution is 2.03. The highest BCUT2D eigenvalue weighted by atomic mass is 16.5. The molecule has 0 atom stereocenters. The summed E-state index contributed by atoms with van der Waals surface area (Å²) in [6, 6.07) is 0. The number of rotatable bonds is 3. The largest absolute Gasteiger partial charge is 0.462 e. The third-order valence-corrected chi connectivity index (χ3v) is 2.16. The van der Waals surface area contributed by atoms with E-state index in [0.717, 1.165) is 0 Å². The van der Waals surface area contributed by atoms with Gasteiger partial charge in [0, 0.05) is 7.05 Å². The van der Waals surface area contributed by atoms with Crippen LogP contribution in [0.2, 0.25) is 0 Å². The number of carbonyl (C=O) groups excluding carboxylic acids is 3. The topological polar surface area (TPSA) is 66.9 Å². The van der Waals surface area contributed by atoms with Crippen LogP contribution in [0.4, 0.5) is 0 Å². The molecule has 1 saturated heterocycles. The Balaban J connectivity index is 2.51. The molecule has 1 aliphatic heterocycles. The van der Waals surface area contributed by atoms with Gasteiger partial charge in [0.05, 0.1) is 12.6 Å². The van der Waals surface area contributed by atoms with Crippen molar-refractivity contribution in [1.29, 1.82) is 0 Å². The molecule has 0 aliphatic carbocycles. The lowest BCUT2D eigenvalue weighted by molar-refractivity contribution is -0.157. The van der Waals surface area contributed by atoms with Gasteiger partial charge in [-0.15, -0.1) is 0 Å². The molecule has 6 nitrogen and oxygen atoms in total. The number of piperazine rings is 1. The Labute approximate surface area is 94.1 Å². The Morgan fingerprint density at radius 1 is 1.31 bits per heavy atom. The van der Waals surface area contributed by atoms with Crippen molar-refractivity contribution < 1.29 is 19.1 Å². The standard InChI is InChI=1S/C10H16N2O4/c1-7(2)16-10(15)6-12-5-8(13)11(3)4-9(12)14/h7H,4-6H2,1-3H3. The second kappa shape index (κ2) is 4.96. The number of esters is 1. The van der Waals surface area contributed by atoms with E-state index in [4.69, 9.17) is 4.74 Å². The molecule has 0 aromatic heterocycles. The van der Waals surface area contributed by atoms with Crippen LogP contribution in [0.1, 0.15) is 13.8 Å². The second-order valence-corrected chi connectivity index (χ2v) is 4.04. The number of carbonyl (C=O) groups is 3. The van der Waals surface area contributed by atoms with Crippen LogP contribution in [0.15, 0.2) is 0 Å². The van der Waals surface area contributed by atoms with Crippen LogP contribution in [0.3, 0.4) is 0 Å². The average Bonchev–Trinajstić information content (AvgIpc) is 2.12. The van der Waals surface area contributed by atoms with E-state index in [2.05, 4.69) is 0 Å². The first kappa shape index (κ1) is 12.5. The van der Waals surface area contributed by atoms with Crippen molar-refractivity contribution in [3.8, 4) is 0 Å². The zero-order chi connectivity index (χ0) is 12.3. The number of amides is 2. The maximum atomic E-state index is 11.5. The van der Waals surface area contributed by atoms with Crippen LogP contribution < -0.4 is 0 Å². The molecular formula is C10H16N2O4. The van der Waals surface area contributed by atoms with E-state index in [9.17, 15) is 14.4 Å². The number of likely N-dealkylation sites (N-methyl/N-ethyl adjacent to an activating group) is 1. The van der Waals surface area contributed by atoms with Crippen LogP contribution in [-0.4, -0.2) is 60.4 Å². The lowest BCUT2D eigenvalue weighted by Gasteiger charge is -2.30. The molecule has 0 radical (unpaired) electrons. The summed E-state index contributed by atoms with van der Waals surface area (Å²) in [4.78, 5) is 36.7. The molecule has 0 N–H and O–H groups in total. The summed E-state index contributed by atoms with van der Waals surface area (Å²) >= 11 is 0. The van der Waals surface area contributed by atoms with Gasteiger partial charge in [-0.3, -0.25) is 14.4 Å². The number of ether oxygens (including phenoxy) is 1. The fourth-order valence-corrected chi connectivity index (χ4v) is 1.36. The van der Waals surface area contributed by atoms with E-state index in [1.807, 2.05) is 0 Å². The molecule has 0 aromatic carbocycles.